The fraction of sp³-hybridized carbons (Fsp3) is 0.426. The molecular weight excluding hydrogens is 1660 g/mol. The Morgan fingerprint density at radius 3 is 1.36 bits per heavy atom. The fourth-order valence-corrected chi connectivity index (χ4v) is 13.9. The predicted octanol–water partition coefficient (Wildman–Crippen LogP) is 19.8. The van der Waals surface area contributed by atoms with Gasteiger partial charge < -0.3 is 13.5 Å². The molecular formula is C101H134N32. The molecule has 0 atom stereocenters. The van der Waals surface area contributed by atoms with Crippen molar-refractivity contribution in [3.05, 3.63) is 273 Å². The van der Waals surface area contributed by atoms with Crippen LogP contribution in [0.3, 0.4) is 0 Å². The molecule has 0 aliphatic rings. The number of aryl methyl sites for hydroxylation is 3. The van der Waals surface area contributed by atoms with Crippen LogP contribution in [0.4, 0.5) is 0 Å². The highest BCUT2D eigenvalue weighted by Crippen LogP contribution is 2.32. The minimum absolute atomic E-state index is 0.00947. The molecule has 0 aliphatic carbocycles. The lowest BCUT2D eigenvalue weighted by Crippen LogP contribution is -2.16. The molecule has 20 rings (SSSR count). The molecule has 0 saturated carbocycles. The number of aromatic nitrogens is 32. The van der Waals surface area contributed by atoms with Crippen LogP contribution in [0.2, 0.25) is 0 Å². The number of pyridine rings is 5. The van der Waals surface area contributed by atoms with Crippen molar-refractivity contribution in [1.82, 2.24) is 156 Å². The van der Waals surface area contributed by atoms with Gasteiger partial charge in [-0.2, -0.15) is 10.2 Å². The van der Waals surface area contributed by atoms with Gasteiger partial charge in [0.1, 0.15) is 66.1 Å². The zero-order chi connectivity index (χ0) is 97.4. The van der Waals surface area contributed by atoms with Gasteiger partial charge in [-0.05, 0) is 83.8 Å². The summed E-state index contributed by atoms with van der Waals surface area (Å²) in [4.78, 5) is 43.2. The molecule has 0 bridgehead atoms. The van der Waals surface area contributed by atoms with Gasteiger partial charge in [0.2, 0.25) is 0 Å². The van der Waals surface area contributed by atoms with E-state index in [0.717, 1.165) is 119 Å². The molecule has 0 aliphatic heterocycles. The summed E-state index contributed by atoms with van der Waals surface area (Å²) < 4.78 is 19.6. The molecule has 20 aromatic heterocycles. The maximum absolute atomic E-state index is 4.56. The van der Waals surface area contributed by atoms with Crippen molar-refractivity contribution in [3.8, 4) is 0 Å². The first-order chi connectivity index (χ1) is 62.1. The fourth-order valence-electron chi connectivity index (χ4n) is 13.9. The van der Waals surface area contributed by atoms with Crippen molar-refractivity contribution in [2.24, 2.45) is 21.1 Å². The van der Waals surface area contributed by atoms with Crippen LogP contribution < -0.4 is 0 Å². The van der Waals surface area contributed by atoms with Crippen molar-refractivity contribution in [1.29, 1.82) is 0 Å². The maximum atomic E-state index is 4.56. The van der Waals surface area contributed by atoms with E-state index in [-0.39, 0.29) is 54.1 Å². The molecule has 0 radical (unpaired) electrons. The van der Waals surface area contributed by atoms with Gasteiger partial charge in [-0.1, -0.05) is 232 Å². The molecule has 20 heterocycles. The molecule has 0 spiro atoms. The van der Waals surface area contributed by atoms with Crippen LogP contribution in [0.15, 0.2) is 215 Å². The number of fused-ring (bicyclic) bond motifs is 10. The second-order valence-electron chi connectivity index (χ2n) is 43.1. The zero-order valence-electron chi connectivity index (χ0n) is 84.0. The predicted molar refractivity (Wildman–Crippen MR) is 529 cm³/mol. The first-order valence-electron chi connectivity index (χ1n) is 44.7. The largest absolute Gasteiger partial charge is 0.335 e. The number of hydrogen-bond acceptors (Lipinski definition) is 22. The summed E-state index contributed by atoms with van der Waals surface area (Å²) in [5.41, 5.74) is 16.6. The van der Waals surface area contributed by atoms with Crippen LogP contribution >= 0.6 is 0 Å². The molecule has 133 heavy (non-hydrogen) atoms. The van der Waals surface area contributed by atoms with Crippen LogP contribution in [0.5, 0.6) is 0 Å². The number of hydrogen-bond donors (Lipinski definition) is 0. The Balaban J connectivity index is 0.000000142. The van der Waals surface area contributed by atoms with Gasteiger partial charge in [0.15, 0.2) is 45.4 Å². The molecule has 0 amide bonds. The minimum Gasteiger partial charge on any atom is -0.335 e. The highest BCUT2D eigenvalue weighted by Gasteiger charge is 2.27. The SMILES string of the molecule is CC(C)(C)c1cccc2nncn12.CC(C)(C)c1ccn2ccnc2c1.CC(C)(C)c1cncc2nncn12.CC(C)(C)c1nc2ccccn2n1.CC(C)(C)c1nccn2cnnc12.CC(C)(C)c1nnc2ccccn12.CC(C)(C)c1nnc2ccccn12.Cn1ccc2c(C(C)(C)C)ncnc21.Cn1ccc2cnc(C(C)(C)C)nc21.Cn1ncc2c(C(C)(C)C)ncnc21. The normalized spacial score (nSPS) is 12.2. The third kappa shape index (κ3) is 25.0. The average molecular weight is 1800 g/mol. The molecule has 32 heteroatoms. The van der Waals surface area contributed by atoms with E-state index in [4.69, 9.17) is 0 Å². The zero-order valence-corrected chi connectivity index (χ0v) is 84.0. The van der Waals surface area contributed by atoms with Crippen LogP contribution in [-0.2, 0) is 75.3 Å². The van der Waals surface area contributed by atoms with E-state index in [1.165, 1.54) is 11.3 Å². The van der Waals surface area contributed by atoms with Crippen LogP contribution in [0.1, 0.15) is 265 Å². The van der Waals surface area contributed by atoms with Crippen LogP contribution in [-0.4, -0.2) is 156 Å². The third-order valence-corrected chi connectivity index (χ3v) is 21.1. The monoisotopic (exact) mass is 1800 g/mol. The van der Waals surface area contributed by atoms with Gasteiger partial charge in [-0.25, -0.2) is 44.4 Å². The molecule has 0 aromatic carbocycles. The second kappa shape index (κ2) is 39.6. The Bertz CT molecular complexity index is 6750. The van der Waals surface area contributed by atoms with Gasteiger partial charge >= 0.3 is 0 Å². The molecule has 0 saturated heterocycles. The Morgan fingerprint density at radius 1 is 0.286 bits per heavy atom. The highest BCUT2D eigenvalue weighted by atomic mass is 15.3. The summed E-state index contributed by atoms with van der Waals surface area (Å²) in [6.45, 7) is 64.4. The van der Waals surface area contributed by atoms with E-state index in [1.54, 1.807) is 53.2 Å². The highest BCUT2D eigenvalue weighted by molar-refractivity contribution is 5.80. The summed E-state index contributed by atoms with van der Waals surface area (Å²) in [6, 6.07) is 32.2. The average Bonchev–Trinajstić information content (AvgIpc) is 1.62. The van der Waals surface area contributed by atoms with E-state index in [9.17, 15) is 0 Å². The summed E-state index contributed by atoms with van der Waals surface area (Å²) >= 11 is 0. The summed E-state index contributed by atoms with van der Waals surface area (Å²) in [7, 11) is 5.89. The maximum Gasteiger partial charge on any atom is 0.182 e. The molecule has 20 aromatic rings. The standard InChI is InChI=1S/2C11H15N3.C11H14N2.C10H14N4.4C10H13N3.2C9H12N4/c1-11(2,3)9-8-5-6-14(4)10(8)13-7-12-9;1-11(2,3)10-12-7-8-5-6-14(4)9(8)13-10;1-11(2,3)9-4-6-13-7-5-12-10(13)8-9;1-10(2,3)8-7-5-13-14(4)9(7)12-6-11-8;1-10(2,3)8-5-4-6-9-12-11-7-13(8)9;2*1-10(2,3)9-12-11-8-6-4-5-7-13(8)9;1-10(2,3)9-11-8-6-4-5-7-13(8)12-9;1-9(2,3)7-4-10-5-8-12-11-6-13(7)8;1-9(2,3)7-8-12-11-6-13(8)5-4-10-7/h2*5-7H,1-4H3;4-8H,1-3H3;5-6H,1-4H3;4*4-7H,1-3H3;2*4-6H,1-3H3. The lowest BCUT2D eigenvalue weighted by Gasteiger charge is -2.19. The van der Waals surface area contributed by atoms with Crippen molar-refractivity contribution in [2.75, 3.05) is 0 Å². The summed E-state index contributed by atoms with van der Waals surface area (Å²) in [6.07, 6.45) is 35.1. The third-order valence-electron chi connectivity index (χ3n) is 21.1. The van der Waals surface area contributed by atoms with Gasteiger partial charge in [0, 0.05) is 166 Å². The molecule has 32 nitrogen and oxygen atoms in total. The number of imidazole rings is 1. The lowest BCUT2D eigenvalue weighted by atomic mass is 9.88. The van der Waals surface area contributed by atoms with Gasteiger partial charge in [0.25, 0.3) is 0 Å². The Labute approximate surface area is 779 Å². The van der Waals surface area contributed by atoms with E-state index in [0.29, 0.717) is 0 Å². The van der Waals surface area contributed by atoms with Gasteiger partial charge in [-0.3, -0.25) is 36.7 Å². The Kier molecular flexibility index (Phi) is 29.7. The Hall–Kier alpha value is -13.9. The first kappa shape index (κ1) is 99.6. The number of rotatable bonds is 0. The van der Waals surface area contributed by atoms with Gasteiger partial charge in [-0.15, -0.1) is 51.0 Å². The van der Waals surface area contributed by atoms with Crippen molar-refractivity contribution < 1.29 is 0 Å². The van der Waals surface area contributed by atoms with E-state index < -0.39 is 0 Å². The topological polar surface area (TPSA) is 329 Å². The Morgan fingerprint density at radius 2 is 0.797 bits per heavy atom. The lowest BCUT2D eigenvalue weighted by molar-refractivity contribution is 0.538. The van der Waals surface area contributed by atoms with Gasteiger partial charge in [0.05, 0.1) is 34.9 Å². The molecule has 0 unspecified atom stereocenters. The summed E-state index contributed by atoms with van der Waals surface area (Å²) in [5.74, 6) is 3.79. The van der Waals surface area contributed by atoms with Crippen molar-refractivity contribution in [3.63, 3.8) is 0 Å². The quantitative estimate of drug-likeness (QED) is 0.136. The smallest absolute Gasteiger partial charge is 0.182 e. The van der Waals surface area contributed by atoms with Crippen LogP contribution in [0, 0.1) is 0 Å². The molecule has 698 valence electrons. The van der Waals surface area contributed by atoms with Crippen molar-refractivity contribution >= 4 is 72.6 Å². The van der Waals surface area contributed by atoms with E-state index >= 15 is 0 Å². The first-order valence-corrected chi connectivity index (χ1v) is 44.7. The number of nitrogens with zero attached hydrogens (tertiary/aromatic N) is 32. The van der Waals surface area contributed by atoms with Crippen LogP contribution in [0.25, 0.3) is 72.6 Å². The minimum atomic E-state index is 0.00947. The summed E-state index contributed by atoms with van der Waals surface area (Å²) in [5, 5.41) is 52.0. The van der Waals surface area contributed by atoms with Crippen molar-refractivity contribution in [2.45, 2.75) is 262 Å². The van der Waals surface area contributed by atoms with E-state index in [2.05, 4.69) is 349 Å². The molecule has 0 N–H and O–H groups in total. The van der Waals surface area contributed by atoms with E-state index in [1.807, 2.05) is 198 Å². The second-order valence-corrected chi connectivity index (χ2v) is 43.1. The molecule has 0 fully saturated rings.